The smallest absolute Gasteiger partial charge is 0.422 e. The minimum atomic E-state index is -1.86. The van der Waals surface area contributed by atoms with Gasteiger partial charge in [-0.3, -0.25) is 0 Å². The van der Waals surface area contributed by atoms with Crippen molar-refractivity contribution in [2.24, 2.45) is 10.8 Å². The number of carboxylic acids is 1. The van der Waals surface area contributed by atoms with Gasteiger partial charge in [0.15, 0.2) is 5.75 Å². The van der Waals surface area contributed by atoms with Crippen molar-refractivity contribution in [1.82, 2.24) is 0 Å². The van der Waals surface area contributed by atoms with Crippen LogP contribution in [0.15, 0.2) is 6.07 Å². The fraction of sp³-hybridized carbons (Fsp3) is 0.500. The Bertz CT molecular complexity index is 771. The Hall–Kier alpha value is -1.50. The van der Waals surface area contributed by atoms with E-state index < -0.39 is 29.2 Å². The van der Waals surface area contributed by atoms with E-state index in [-0.39, 0.29) is 32.5 Å². The summed E-state index contributed by atoms with van der Waals surface area (Å²) in [7, 11) is 0. The van der Waals surface area contributed by atoms with Gasteiger partial charge in [-0.15, -0.1) is 0 Å². The lowest BCUT2D eigenvalue weighted by atomic mass is 9.67. The molecule has 0 aliphatic carbocycles. The van der Waals surface area contributed by atoms with Crippen molar-refractivity contribution in [1.29, 1.82) is 0 Å². The lowest BCUT2D eigenvalue weighted by Crippen LogP contribution is -2.37. The fourth-order valence-electron chi connectivity index (χ4n) is 1.99. The number of hydrogen-bond acceptors (Lipinski definition) is 5. The van der Waals surface area contributed by atoms with Crippen LogP contribution in [0.2, 0.25) is 15.1 Å². The number of rotatable bonds is 6. The molecule has 0 aromatic heterocycles. The number of aliphatic carboxylic acids is 1. The van der Waals surface area contributed by atoms with Gasteiger partial charge in [0.2, 0.25) is 0 Å². The van der Waals surface area contributed by atoms with E-state index in [0.29, 0.717) is 0 Å². The highest BCUT2D eigenvalue weighted by Gasteiger charge is 2.37. The van der Waals surface area contributed by atoms with Gasteiger partial charge in [-0.2, -0.15) is 0 Å². The molecule has 0 heterocycles. The van der Waals surface area contributed by atoms with E-state index in [0.717, 1.165) is 12.5 Å². The predicted octanol–water partition coefficient (Wildman–Crippen LogP) is 5.26. The van der Waals surface area contributed by atoms with Crippen molar-refractivity contribution in [2.45, 2.75) is 41.0 Å². The van der Waals surface area contributed by atoms with Gasteiger partial charge in [0.05, 0.1) is 21.7 Å². The maximum Gasteiger partial charge on any atom is 0.422 e. The van der Waals surface area contributed by atoms with E-state index in [9.17, 15) is 14.4 Å². The predicted molar refractivity (Wildman–Crippen MR) is 103 cm³/mol. The van der Waals surface area contributed by atoms with Crippen LogP contribution in [0, 0.1) is 10.8 Å². The molecule has 0 aliphatic heterocycles. The topological polar surface area (TPSA) is 89.9 Å². The second-order valence-electron chi connectivity index (χ2n) is 7.25. The number of ether oxygens (including phenoxy) is 2. The number of esters is 2. The highest BCUT2D eigenvalue weighted by atomic mass is 35.5. The van der Waals surface area contributed by atoms with Crippen molar-refractivity contribution in [2.75, 3.05) is 6.61 Å². The first-order valence-corrected chi connectivity index (χ1v) is 9.18. The van der Waals surface area contributed by atoms with Gasteiger partial charge in [-0.05, 0) is 11.5 Å². The van der Waals surface area contributed by atoms with Crippen LogP contribution < -0.4 is 4.74 Å². The molecular weight excluding hydrogens is 419 g/mol. The van der Waals surface area contributed by atoms with Crippen LogP contribution in [0.25, 0.3) is 0 Å². The number of benzene rings is 1. The monoisotopic (exact) mass is 438 g/mol. The third-order valence-electron chi connectivity index (χ3n) is 4.98. The van der Waals surface area contributed by atoms with Crippen LogP contribution >= 0.6 is 34.8 Å². The zero-order valence-corrected chi connectivity index (χ0v) is 17.9. The molecule has 6 nitrogen and oxygen atoms in total. The first-order chi connectivity index (χ1) is 12.2. The summed E-state index contributed by atoms with van der Waals surface area (Å²) >= 11 is 18.0. The Labute approximate surface area is 172 Å². The highest BCUT2D eigenvalue weighted by molar-refractivity contribution is 6.46. The molecule has 0 aliphatic rings. The molecule has 0 saturated heterocycles. The molecule has 27 heavy (non-hydrogen) atoms. The number of hydrogen-bond donors (Lipinski definition) is 1. The summed E-state index contributed by atoms with van der Waals surface area (Å²) in [6.45, 7) is 10.1. The molecule has 1 aromatic carbocycles. The van der Waals surface area contributed by atoms with Gasteiger partial charge >= 0.3 is 17.9 Å². The Morgan fingerprint density at radius 2 is 1.59 bits per heavy atom. The second kappa shape index (κ2) is 8.67. The molecule has 0 radical (unpaired) electrons. The summed E-state index contributed by atoms with van der Waals surface area (Å²) < 4.78 is 10.1. The molecule has 0 unspecified atom stereocenters. The Morgan fingerprint density at radius 3 is 2.07 bits per heavy atom. The molecule has 0 spiro atoms. The van der Waals surface area contributed by atoms with Crippen LogP contribution in [0.3, 0.4) is 0 Å². The summed E-state index contributed by atoms with van der Waals surface area (Å²) in [6.07, 6.45) is 0.850. The molecule has 0 amide bonds. The quantitative estimate of drug-likeness (QED) is 0.281. The van der Waals surface area contributed by atoms with Crippen LogP contribution in [-0.2, 0) is 14.3 Å². The molecule has 0 bridgehead atoms. The van der Waals surface area contributed by atoms with Crippen molar-refractivity contribution in [3.05, 3.63) is 26.7 Å². The first kappa shape index (κ1) is 23.5. The zero-order chi connectivity index (χ0) is 21.2. The molecule has 1 N–H and O–H groups in total. The van der Waals surface area contributed by atoms with Crippen molar-refractivity contribution < 1.29 is 29.0 Å². The summed E-state index contributed by atoms with van der Waals surface area (Å²) in [6, 6.07) is 1.14. The molecular formula is C18H21Cl3O6. The maximum atomic E-state index is 12.6. The minimum Gasteiger partial charge on any atom is -0.473 e. The Kier molecular flexibility index (Phi) is 7.56. The van der Waals surface area contributed by atoms with Gasteiger partial charge in [0, 0.05) is 5.41 Å². The van der Waals surface area contributed by atoms with E-state index >= 15 is 0 Å². The van der Waals surface area contributed by atoms with E-state index in [4.69, 9.17) is 49.4 Å². The lowest BCUT2D eigenvalue weighted by Gasteiger charge is -2.40. The van der Waals surface area contributed by atoms with Gasteiger partial charge in [-0.1, -0.05) is 75.8 Å². The average Bonchev–Trinajstić information content (AvgIpc) is 2.57. The van der Waals surface area contributed by atoms with Crippen LogP contribution in [0.1, 0.15) is 51.4 Å². The fourth-order valence-corrected chi connectivity index (χ4v) is 2.71. The molecule has 150 valence electrons. The van der Waals surface area contributed by atoms with Crippen molar-refractivity contribution in [3.63, 3.8) is 0 Å². The van der Waals surface area contributed by atoms with Gasteiger partial charge in [-0.25, -0.2) is 14.4 Å². The molecule has 1 aromatic rings. The van der Waals surface area contributed by atoms with Crippen LogP contribution in [0.4, 0.5) is 0 Å². The average molecular weight is 440 g/mol. The normalized spacial score (nSPS) is 11.9. The van der Waals surface area contributed by atoms with Crippen molar-refractivity contribution in [3.8, 4) is 5.75 Å². The first-order valence-electron chi connectivity index (χ1n) is 8.05. The summed E-state index contributed by atoms with van der Waals surface area (Å²) in [5.41, 5.74) is -0.930. The molecule has 0 saturated carbocycles. The van der Waals surface area contributed by atoms with Gasteiger partial charge in [0.25, 0.3) is 0 Å². The molecule has 9 heteroatoms. The van der Waals surface area contributed by atoms with E-state index in [2.05, 4.69) is 0 Å². The number of carbonyl (C=O) groups excluding carboxylic acids is 2. The Morgan fingerprint density at radius 1 is 1.04 bits per heavy atom. The number of carbonyl (C=O) groups is 3. The van der Waals surface area contributed by atoms with Crippen molar-refractivity contribution >= 4 is 52.7 Å². The number of carboxylic acid groups (broad SMARTS) is 1. The maximum absolute atomic E-state index is 12.6. The van der Waals surface area contributed by atoms with Gasteiger partial charge < -0.3 is 14.6 Å². The number of halogens is 3. The molecule has 1 rings (SSSR count). The molecule has 0 atom stereocenters. The highest BCUT2D eigenvalue weighted by Crippen LogP contribution is 2.43. The lowest BCUT2D eigenvalue weighted by molar-refractivity contribution is -0.158. The third kappa shape index (κ3) is 5.27. The largest absolute Gasteiger partial charge is 0.473 e. The van der Waals surface area contributed by atoms with E-state index in [1.165, 1.54) is 0 Å². The molecule has 0 fully saturated rings. The van der Waals surface area contributed by atoms with Gasteiger partial charge in [0.1, 0.15) is 5.56 Å². The zero-order valence-electron chi connectivity index (χ0n) is 15.6. The Balaban J connectivity index is 3.26. The third-order valence-corrected chi connectivity index (χ3v) is 6.05. The standard InChI is InChI=1S/C18H21Cl3O6/c1-6-17(2,3)18(4,5)8-26-15(24)11-12(21)9(19)7-10(20)13(11)27-16(25)14(22)23/h7H,6,8H2,1-5H3,(H,22,23). The SMILES string of the molecule is CCC(C)(C)C(C)(C)COC(=O)c1c(Cl)c(Cl)cc(Cl)c1OC(=O)C(=O)O. The summed E-state index contributed by atoms with van der Waals surface area (Å²) in [4.78, 5) is 34.8. The van der Waals surface area contributed by atoms with E-state index in [1.54, 1.807) is 0 Å². The second-order valence-corrected chi connectivity index (χ2v) is 8.44. The summed E-state index contributed by atoms with van der Waals surface area (Å²) in [5.74, 6) is -4.94. The van der Waals surface area contributed by atoms with Crippen LogP contribution in [0.5, 0.6) is 5.75 Å². The minimum absolute atomic E-state index is 0.0411. The summed E-state index contributed by atoms with van der Waals surface area (Å²) in [5, 5.41) is 8.14. The van der Waals surface area contributed by atoms with E-state index in [1.807, 2.05) is 34.6 Å². The van der Waals surface area contributed by atoms with Crippen LogP contribution in [-0.4, -0.2) is 29.6 Å².